The van der Waals surface area contributed by atoms with Crippen LogP contribution in [-0.4, -0.2) is 65.2 Å². The van der Waals surface area contributed by atoms with Gasteiger partial charge in [-0.1, -0.05) is 12.1 Å². The lowest BCUT2D eigenvalue weighted by atomic mass is 9.95. The van der Waals surface area contributed by atoms with Gasteiger partial charge >= 0.3 is 0 Å². The maximum Gasteiger partial charge on any atom is 0.204 e. The molecule has 1 aliphatic heterocycles. The fraction of sp³-hybridized carbons (Fsp3) is 0.500. The van der Waals surface area contributed by atoms with Crippen LogP contribution in [-0.2, 0) is 12.8 Å². The van der Waals surface area contributed by atoms with Crippen LogP contribution in [0.25, 0.3) is 0 Å². The van der Waals surface area contributed by atoms with Gasteiger partial charge in [0.05, 0.1) is 39.6 Å². The van der Waals surface area contributed by atoms with Crippen molar-refractivity contribution < 1.29 is 28.8 Å². The standard InChI is InChI=1S/C24H33NO6/c1-25(2)13-15-31-23-20(19(26)11-8-16-6-9-17(27-3)10-7-16)21(28-4)18-12-14-30-22(18)24(23)29-5/h6-7,9-10,19,26H,8,11-15H2,1-5H3. The van der Waals surface area contributed by atoms with Gasteiger partial charge < -0.3 is 33.7 Å². The normalized spacial score (nSPS) is 13.5. The van der Waals surface area contributed by atoms with Gasteiger partial charge in [-0.3, -0.25) is 0 Å². The highest BCUT2D eigenvalue weighted by Gasteiger charge is 2.33. The number of aliphatic hydroxyl groups excluding tert-OH is 1. The predicted molar refractivity (Wildman–Crippen MR) is 119 cm³/mol. The van der Waals surface area contributed by atoms with Gasteiger partial charge in [0, 0.05) is 18.5 Å². The monoisotopic (exact) mass is 431 g/mol. The summed E-state index contributed by atoms with van der Waals surface area (Å²) in [5.41, 5.74) is 2.65. The summed E-state index contributed by atoms with van der Waals surface area (Å²) in [6.07, 6.45) is 1.12. The molecule has 0 radical (unpaired) electrons. The number of hydrogen-bond donors (Lipinski definition) is 1. The second-order valence-electron chi connectivity index (χ2n) is 7.77. The Morgan fingerprint density at radius 2 is 1.71 bits per heavy atom. The van der Waals surface area contributed by atoms with Gasteiger partial charge in [-0.15, -0.1) is 0 Å². The number of ether oxygens (including phenoxy) is 5. The second-order valence-corrected chi connectivity index (χ2v) is 7.77. The minimum atomic E-state index is -0.786. The molecule has 2 aromatic carbocycles. The first-order chi connectivity index (χ1) is 15.0. The number of benzene rings is 2. The lowest BCUT2D eigenvalue weighted by Crippen LogP contribution is -2.20. The Hall–Kier alpha value is -2.64. The van der Waals surface area contributed by atoms with Crippen molar-refractivity contribution in [2.45, 2.75) is 25.4 Å². The van der Waals surface area contributed by atoms with Crippen LogP contribution in [0.5, 0.6) is 28.7 Å². The lowest BCUT2D eigenvalue weighted by molar-refractivity contribution is 0.153. The van der Waals surface area contributed by atoms with Gasteiger partial charge in [0.25, 0.3) is 0 Å². The summed E-state index contributed by atoms with van der Waals surface area (Å²) in [5, 5.41) is 11.2. The zero-order valence-corrected chi connectivity index (χ0v) is 19.1. The van der Waals surface area contributed by atoms with E-state index in [-0.39, 0.29) is 0 Å². The van der Waals surface area contributed by atoms with Crippen molar-refractivity contribution in [1.29, 1.82) is 0 Å². The van der Waals surface area contributed by atoms with E-state index >= 15 is 0 Å². The summed E-state index contributed by atoms with van der Waals surface area (Å²) in [5.74, 6) is 3.08. The molecule has 1 N–H and O–H groups in total. The summed E-state index contributed by atoms with van der Waals surface area (Å²) in [7, 11) is 8.82. The maximum atomic E-state index is 11.2. The van der Waals surface area contributed by atoms with Crippen LogP contribution < -0.4 is 23.7 Å². The van der Waals surface area contributed by atoms with Gasteiger partial charge in [-0.25, -0.2) is 0 Å². The Morgan fingerprint density at radius 3 is 2.32 bits per heavy atom. The third-order valence-corrected chi connectivity index (χ3v) is 5.44. The Bertz CT molecular complexity index is 866. The molecule has 2 aromatic rings. The van der Waals surface area contributed by atoms with Crippen molar-refractivity contribution in [3.63, 3.8) is 0 Å². The first-order valence-corrected chi connectivity index (χ1v) is 10.5. The van der Waals surface area contributed by atoms with E-state index in [0.29, 0.717) is 61.0 Å². The zero-order valence-electron chi connectivity index (χ0n) is 19.1. The van der Waals surface area contributed by atoms with E-state index in [1.165, 1.54) is 0 Å². The van der Waals surface area contributed by atoms with Crippen molar-refractivity contribution in [2.24, 2.45) is 0 Å². The van der Waals surface area contributed by atoms with Crippen LogP contribution in [0.3, 0.4) is 0 Å². The van der Waals surface area contributed by atoms with Crippen LogP contribution in [0.4, 0.5) is 0 Å². The van der Waals surface area contributed by atoms with Crippen LogP contribution in [0.2, 0.25) is 0 Å². The molecule has 3 rings (SSSR count). The predicted octanol–water partition coefficient (Wildman–Crippen LogP) is 3.25. The highest BCUT2D eigenvalue weighted by atomic mass is 16.5. The number of likely N-dealkylation sites (N-methyl/N-ethyl adjacent to an activating group) is 1. The topological polar surface area (TPSA) is 69.6 Å². The van der Waals surface area contributed by atoms with Crippen LogP contribution in [0.1, 0.15) is 29.2 Å². The van der Waals surface area contributed by atoms with Gasteiger partial charge in [-0.05, 0) is 44.6 Å². The number of rotatable bonds is 11. The highest BCUT2D eigenvalue weighted by Crippen LogP contribution is 2.53. The molecule has 0 bridgehead atoms. The van der Waals surface area contributed by atoms with E-state index in [0.717, 1.165) is 23.4 Å². The molecule has 0 aliphatic carbocycles. The smallest absolute Gasteiger partial charge is 0.204 e. The minimum Gasteiger partial charge on any atom is -0.497 e. The van der Waals surface area contributed by atoms with Gasteiger partial charge in [0.1, 0.15) is 18.1 Å². The molecule has 0 fully saturated rings. The second kappa shape index (κ2) is 10.6. The van der Waals surface area contributed by atoms with Crippen LogP contribution in [0.15, 0.2) is 24.3 Å². The fourth-order valence-corrected chi connectivity index (χ4v) is 3.80. The molecule has 0 aromatic heterocycles. The lowest BCUT2D eigenvalue weighted by Gasteiger charge is -2.24. The molecule has 0 saturated heterocycles. The van der Waals surface area contributed by atoms with E-state index < -0.39 is 6.10 Å². The van der Waals surface area contributed by atoms with Crippen LogP contribution in [0, 0.1) is 0 Å². The molecular formula is C24H33NO6. The Balaban J connectivity index is 1.93. The van der Waals surface area contributed by atoms with Gasteiger partial charge in [-0.2, -0.15) is 0 Å². The number of nitrogens with zero attached hydrogens (tertiary/aromatic N) is 1. The highest BCUT2D eigenvalue weighted by molar-refractivity contribution is 5.68. The summed E-state index contributed by atoms with van der Waals surface area (Å²) in [6.45, 7) is 1.72. The summed E-state index contributed by atoms with van der Waals surface area (Å²) in [6, 6.07) is 7.87. The van der Waals surface area contributed by atoms with E-state index in [2.05, 4.69) is 0 Å². The summed E-state index contributed by atoms with van der Waals surface area (Å²) in [4.78, 5) is 2.04. The van der Waals surface area contributed by atoms with Crippen molar-refractivity contribution in [3.05, 3.63) is 41.0 Å². The Kier molecular flexibility index (Phi) is 7.87. The van der Waals surface area contributed by atoms with Crippen molar-refractivity contribution in [3.8, 4) is 28.7 Å². The van der Waals surface area contributed by atoms with E-state index in [1.807, 2.05) is 43.3 Å². The zero-order chi connectivity index (χ0) is 22.4. The molecule has 0 spiro atoms. The number of methoxy groups -OCH3 is 3. The Labute approximate surface area is 184 Å². The molecule has 31 heavy (non-hydrogen) atoms. The molecule has 0 saturated carbocycles. The average Bonchev–Trinajstić information content (AvgIpc) is 3.26. The van der Waals surface area contributed by atoms with Gasteiger partial charge in [0.2, 0.25) is 5.75 Å². The molecule has 1 atom stereocenters. The largest absolute Gasteiger partial charge is 0.497 e. The summed E-state index contributed by atoms with van der Waals surface area (Å²) >= 11 is 0. The molecule has 170 valence electrons. The average molecular weight is 432 g/mol. The molecule has 7 heteroatoms. The molecule has 1 aliphatic rings. The Morgan fingerprint density at radius 1 is 1.00 bits per heavy atom. The third-order valence-electron chi connectivity index (χ3n) is 5.44. The molecular weight excluding hydrogens is 398 g/mol. The SMILES string of the molecule is COc1ccc(CCC(O)c2c(OC)c3c(c(OC)c2OCCN(C)C)OCC3)cc1. The molecule has 1 unspecified atom stereocenters. The fourth-order valence-electron chi connectivity index (χ4n) is 3.80. The third kappa shape index (κ3) is 5.17. The maximum absolute atomic E-state index is 11.2. The minimum absolute atomic E-state index is 0.448. The van der Waals surface area contributed by atoms with E-state index in [1.54, 1.807) is 21.3 Å². The number of aryl methyl sites for hydroxylation is 1. The number of aliphatic hydroxyl groups is 1. The van der Waals surface area contributed by atoms with Crippen molar-refractivity contribution in [1.82, 2.24) is 4.90 Å². The first-order valence-electron chi connectivity index (χ1n) is 10.5. The molecule has 1 heterocycles. The number of hydrogen-bond acceptors (Lipinski definition) is 7. The van der Waals surface area contributed by atoms with Crippen molar-refractivity contribution in [2.75, 3.05) is 55.2 Å². The molecule has 7 nitrogen and oxygen atoms in total. The van der Waals surface area contributed by atoms with Crippen molar-refractivity contribution >= 4 is 0 Å². The summed E-state index contributed by atoms with van der Waals surface area (Å²) < 4.78 is 28.6. The van der Waals surface area contributed by atoms with Gasteiger partial charge in [0.15, 0.2) is 11.5 Å². The molecule has 0 amide bonds. The van der Waals surface area contributed by atoms with Crippen LogP contribution >= 0.6 is 0 Å². The first kappa shape index (κ1) is 23.0. The quantitative estimate of drug-likeness (QED) is 0.586. The number of fused-ring (bicyclic) bond motifs is 1. The van der Waals surface area contributed by atoms with E-state index in [4.69, 9.17) is 23.7 Å². The van der Waals surface area contributed by atoms with E-state index in [9.17, 15) is 5.11 Å².